The number of benzene rings is 2. The third-order valence-electron chi connectivity index (χ3n) is 4.62. The number of hydrogen-bond acceptors (Lipinski definition) is 4. The highest BCUT2D eigenvalue weighted by Crippen LogP contribution is 2.29. The molecule has 0 fully saturated rings. The van der Waals surface area contributed by atoms with E-state index >= 15 is 0 Å². The molecule has 0 bridgehead atoms. The van der Waals surface area contributed by atoms with Crippen LogP contribution in [0.15, 0.2) is 48.5 Å². The van der Waals surface area contributed by atoms with Crippen LogP contribution in [0.25, 0.3) is 0 Å². The summed E-state index contributed by atoms with van der Waals surface area (Å²) in [5, 5.41) is 2.81. The smallest absolute Gasteiger partial charge is 0.244 e. The van der Waals surface area contributed by atoms with Crippen molar-refractivity contribution in [3.8, 4) is 5.75 Å². The van der Waals surface area contributed by atoms with Gasteiger partial charge in [0.05, 0.1) is 24.5 Å². The highest BCUT2D eigenvalue weighted by Gasteiger charge is 2.31. The molecule has 2 amide bonds. The highest BCUT2D eigenvalue weighted by atomic mass is 16.5. The van der Waals surface area contributed by atoms with Crippen LogP contribution in [0.3, 0.4) is 0 Å². The van der Waals surface area contributed by atoms with E-state index in [1.165, 1.54) is 0 Å². The van der Waals surface area contributed by atoms with Gasteiger partial charge in [0.15, 0.2) is 0 Å². The van der Waals surface area contributed by atoms with Crippen LogP contribution in [-0.2, 0) is 16.1 Å². The molecule has 0 aromatic heterocycles. The zero-order valence-electron chi connectivity index (χ0n) is 15.2. The number of para-hydroxylation sites is 2. The molecule has 2 aromatic carbocycles. The molecule has 0 spiro atoms. The Morgan fingerprint density at radius 1 is 1.27 bits per heavy atom. The van der Waals surface area contributed by atoms with Crippen molar-refractivity contribution < 1.29 is 14.3 Å². The van der Waals surface area contributed by atoms with E-state index in [-0.39, 0.29) is 24.4 Å². The maximum Gasteiger partial charge on any atom is 0.244 e. The molecule has 2 aromatic rings. The number of amides is 2. The van der Waals surface area contributed by atoms with Gasteiger partial charge in [-0.3, -0.25) is 19.4 Å². The molecular formula is C20H23N3O3. The van der Waals surface area contributed by atoms with Crippen LogP contribution in [-0.4, -0.2) is 43.5 Å². The number of anilines is 2. The minimum Gasteiger partial charge on any atom is -0.497 e. The number of hydrogen-bond donors (Lipinski definition) is 1. The number of carbonyl (C=O) groups excluding carboxylic acids is 2. The van der Waals surface area contributed by atoms with Crippen LogP contribution in [0.1, 0.15) is 12.5 Å². The summed E-state index contributed by atoms with van der Waals surface area (Å²) in [4.78, 5) is 28.5. The van der Waals surface area contributed by atoms with Gasteiger partial charge in [0.25, 0.3) is 0 Å². The average Bonchev–Trinajstić information content (AvgIpc) is 2.66. The molecule has 26 heavy (non-hydrogen) atoms. The third-order valence-corrected chi connectivity index (χ3v) is 4.62. The Morgan fingerprint density at radius 2 is 2.04 bits per heavy atom. The third kappa shape index (κ3) is 3.70. The van der Waals surface area contributed by atoms with Crippen molar-refractivity contribution in [1.29, 1.82) is 0 Å². The average molecular weight is 353 g/mol. The molecule has 136 valence electrons. The first kappa shape index (κ1) is 17.9. The van der Waals surface area contributed by atoms with Crippen molar-refractivity contribution in [3.63, 3.8) is 0 Å². The van der Waals surface area contributed by atoms with Gasteiger partial charge in [-0.2, -0.15) is 0 Å². The van der Waals surface area contributed by atoms with Gasteiger partial charge in [-0.1, -0.05) is 24.3 Å². The van der Waals surface area contributed by atoms with Crippen molar-refractivity contribution in [2.24, 2.45) is 0 Å². The number of carbonyl (C=O) groups is 2. The van der Waals surface area contributed by atoms with Gasteiger partial charge >= 0.3 is 0 Å². The van der Waals surface area contributed by atoms with E-state index < -0.39 is 0 Å². The Hall–Kier alpha value is -2.86. The Kier molecular flexibility index (Phi) is 5.23. The number of rotatable bonds is 5. The van der Waals surface area contributed by atoms with E-state index in [2.05, 4.69) is 5.32 Å². The Morgan fingerprint density at radius 3 is 2.81 bits per heavy atom. The molecule has 0 radical (unpaired) electrons. The van der Waals surface area contributed by atoms with E-state index in [0.717, 1.165) is 17.0 Å². The van der Waals surface area contributed by atoms with Crippen molar-refractivity contribution in [3.05, 3.63) is 54.1 Å². The molecule has 1 aliphatic rings. The largest absolute Gasteiger partial charge is 0.497 e. The summed E-state index contributed by atoms with van der Waals surface area (Å²) in [6.07, 6.45) is 0. The Balaban J connectivity index is 1.75. The lowest BCUT2D eigenvalue weighted by Crippen LogP contribution is -2.50. The lowest BCUT2D eigenvalue weighted by Gasteiger charge is -2.33. The van der Waals surface area contributed by atoms with Crippen molar-refractivity contribution >= 4 is 23.2 Å². The number of likely N-dealkylation sites (N-methyl/N-ethyl adjacent to an activating group) is 1. The molecule has 1 aliphatic heterocycles. The topological polar surface area (TPSA) is 61.9 Å². The fourth-order valence-corrected chi connectivity index (χ4v) is 3.04. The van der Waals surface area contributed by atoms with E-state index in [9.17, 15) is 9.59 Å². The maximum atomic E-state index is 13.0. The molecule has 0 saturated carbocycles. The van der Waals surface area contributed by atoms with E-state index in [1.807, 2.05) is 61.3 Å². The van der Waals surface area contributed by atoms with Crippen LogP contribution in [0.4, 0.5) is 11.4 Å². The Bertz CT molecular complexity index is 821. The number of nitrogens with zero attached hydrogens (tertiary/aromatic N) is 2. The molecular weight excluding hydrogens is 330 g/mol. The predicted molar refractivity (Wildman–Crippen MR) is 101 cm³/mol. The van der Waals surface area contributed by atoms with E-state index in [1.54, 1.807) is 18.1 Å². The normalized spacial score (nSPS) is 14.6. The summed E-state index contributed by atoms with van der Waals surface area (Å²) in [7, 11) is 3.53. The zero-order chi connectivity index (χ0) is 18.7. The van der Waals surface area contributed by atoms with Gasteiger partial charge < -0.3 is 10.1 Å². The molecule has 1 atom stereocenters. The van der Waals surface area contributed by atoms with Gasteiger partial charge in [0.2, 0.25) is 11.8 Å². The summed E-state index contributed by atoms with van der Waals surface area (Å²) in [6, 6.07) is 14.8. The van der Waals surface area contributed by atoms with E-state index in [4.69, 9.17) is 4.74 Å². The molecule has 0 unspecified atom stereocenters. The van der Waals surface area contributed by atoms with Crippen LogP contribution in [0.5, 0.6) is 5.75 Å². The van der Waals surface area contributed by atoms with Crippen molar-refractivity contribution in [1.82, 2.24) is 4.90 Å². The van der Waals surface area contributed by atoms with Crippen molar-refractivity contribution in [2.75, 3.05) is 30.9 Å². The quantitative estimate of drug-likeness (QED) is 0.897. The molecule has 3 rings (SSSR count). The molecule has 1 heterocycles. The number of nitrogens with one attached hydrogen (secondary N) is 1. The first-order valence-corrected chi connectivity index (χ1v) is 8.53. The van der Waals surface area contributed by atoms with Gasteiger partial charge in [-0.05, 0) is 43.8 Å². The summed E-state index contributed by atoms with van der Waals surface area (Å²) >= 11 is 0. The number of fused-ring (bicyclic) bond motifs is 1. The molecule has 0 saturated heterocycles. The SMILES string of the molecule is COc1cccc(CN(C)[C@@H](C)C(=O)N2CC(=O)Nc3ccccc32)c1. The second-order valence-electron chi connectivity index (χ2n) is 6.43. The monoisotopic (exact) mass is 353 g/mol. The minimum atomic E-state index is -0.375. The maximum absolute atomic E-state index is 13.0. The van der Waals surface area contributed by atoms with Crippen LogP contribution in [0, 0.1) is 0 Å². The van der Waals surface area contributed by atoms with Gasteiger partial charge in [0.1, 0.15) is 12.3 Å². The second-order valence-corrected chi connectivity index (χ2v) is 6.43. The highest BCUT2D eigenvalue weighted by molar-refractivity contribution is 6.11. The second kappa shape index (κ2) is 7.58. The van der Waals surface area contributed by atoms with Gasteiger partial charge in [-0.25, -0.2) is 0 Å². The van der Waals surface area contributed by atoms with Crippen molar-refractivity contribution in [2.45, 2.75) is 19.5 Å². The fourth-order valence-electron chi connectivity index (χ4n) is 3.04. The lowest BCUT2D eigenvalue weighted by atomic mass is 10.1. The molecule has 6 nitrogen and oxygen atoms in total. The molecule has 6 heteroatoms. The summed E-state index contributed by atoms with van der Waals surface area (Å²) in [5.41, 5.74) is 2.46. The minimum absolute atomic E-state index is 0.0349. The van der Waals surface area contributed by atoms with Gasteiger partial charge in [-0.15, -0.1) is 0 Å². The predicted octanol–water partition coefficient (Wildman–Crippen LogP) is 2.50. The number of methoxy groups -OCH3 is 1. The summed E-state index contributed by atoms with van der Waals surface area (Å²) in [5.74, 6) is 0.508. The van der Waals surface area contributed by atoms with Gasteiger partial charge in [0, 0.05) is 6.54 Å². The summed E-state index contributed by atoms with van der Waals surface area (Å²) < 4.78 is 5.25. The molecule has 0 aliphatic carbocycles. The van der Waals surface area contributed by atoms with Crippen LogP contribution < -0.4 is 15.0 Å². The summed E-state index contributed by atoms with van der Waals surface area (Å²) in [6.45, 7) is 2.50. The van der Waals surface area contributed by atoms with Crippen LogP contribution >= 0.6 is 0 Å². The standard InChI is InChI=1S/C20H23N3O3/c1-14(22(2)12-15-7-6-8-16(11-15)26-3)20(25)23-13-19(24)21-17-9-4-5-10-18(17)23/h4-11,14H,12-13H2,1-3H3,(H,21,24)/t14-/m0/s1. The first-order valence-electron chi connectivity index (χ1n) is 8.53. The Labute approximate surface area is 153 Å². The lowest BCUT2D eigenvalue weighted by molar-refractivity contribution is -0.125. The first-order chi connectivity index (χ1) is 12.5. The fraction of sp³-hybridized carbons (Fsp3) is 0.300. The zero-order valence-corrected chi connectivity index (χ0v) is 15.2. The number of ether oxygens (including phenoxy) is 1. The molecule has 1 N–H and O–H groups in total. The van der Waals surface area contributed by atoms with Crippen LogP contribution in [0.2, 0.25) is 0 Å². The van der Waals surface area contributed by atoms with E-state index in [0.29, 0.717) is 12.2 Å².